The summed E-state index contributed by atoms with van der Waals surface area (Å²) in [6, 6.07) is 2.22. The van der Waals surface area contributed by atoms with Crippen molar-refractivity contribution < 1.29 is 23.9 Å². The molecule has 1 aromatic rings. The van der Waals surface area contributed by atoms with Crippen LogP contribution in [0.15, 0.2) is 24.5 Å². The van der Waals surface area contributed by atoms with Crippen molar-refractivity contribution in [2.24, 2.45) is 11.8 Å². The highest BCUT2D eigenvalue weighted by Gasteiger charge is 2.28. The molecule has 2 N–H and O–H groups in total. The Hall–Kier alpha value is -2.64. The molecular weight excluding hydrogens is 326 g/mol. The van der Waals surface area contributed by atoms with Gasteiger partial charge in [0.15, 0.2) is 19.0 Å². The standard InChI is InChI=1S/C17H23N3O5/c1-11-5-3-7-14(12(11)2)18-17(23)19-15(21)10-25-16(22)13-6-4-8-20(24)9-13/h4,6,8-9,11-12,14H,3,5,7,10H2,1-2H3,(H2,18,19,21,23)/t11-,12+,14+/m1/s1. The fraction of sp³-hybridized carbons (Fsp3) is 0.529. The number of aromatic nitrogens is 1. The molecule has 0 saturated heterocycles. The Morgan fingerprint density at radius 1 is 1.32 bits per heavy atom. The first-order valence-electron chi connectivity index (χ1n) is 8.33. The van der Waals surface area contributed by atoms with Crippen molar-refractivity contribution in [1.82, 2.24) is 10.6 Å². The number of carbonyl (C=O) groups excluding carboxylic acids is 3. The molecule has 1 aliphatic rings. The molecule has 1 aliphatic carbocycles. The summed E-state index contributed by atoms with van der Waals surface area (Å²) < 4.78 is 5.25. The van der Waals surface area contributed by atoms with Crippen LogP contribution in [0, 0.1) is 17.0 Å². The summed E-state index contributed by atoms with van der Waals surface area (Å²) in [5.74, 6) is -0.682. The molecule has 8 nitrogen and oxygen atoms in total. The topological polar surface area (TPSA) is 111 Å². The normalized spacial score (nSPS) is 22.7. The molecule has 1 saturated carbocycles. The van der Waals surface area contributed by atoms with Gasteiger partial charge in [0.25, 0.3) is 5.91 Å². The van der Waals surface area contributed by atoms with Crippen molar-refractivity contribution in [2.75, 3.05) is 6.61 Å². The molecule has 1 heterocycles. The van der Waals surface area contributed by atoms with Gasteiger partial charge in [-0.05, 0) is 24.3 Å². The van der Waals surface area contributed by atoms with Gasteiger partial charge in [0.05, 0.1) is 0 Å². The third-order valence-electron chi connectivity index (χ3n) is 4.62. The van der Waals surface area contributed by atoms with E-state index < -0.39 is 24.5 Å². The zero-order chi connectivity index (χ0) is 18.4. The smallest absolute Gasteiger partial charge is 0.344 e. The molecule has 2 rings (SSSR count). The average Bonchev–Trinajstić information content (AvgIpc) is 2.56. The summed E-state index contributed by atoms with van der Waals surface area (Å²) in [7, 11) is 0. The van der Waals surface area contributed by atoms with Gasteiger partial charge in [-0.1, -0.05) is 26.7 Å². The molecule has 0 bridgehead atoms. The number of carbonyl (C=O) groups is 3. The zero-order valence-corrected chi connectivity index (χ0v) is 14.4. The quantitative estimate of drug-likeness (QED) is 0.481. The molecule has 136 valence electrons. The zero-order valence-electron chi connectivity index (χ0n) is 14.4. The number of nitrogens with one attached hydrogen (secondary N) is 2. The maximum absolute atomic E-state index is 11.9. The number of amides is 3. The maximum Gasteiger partial charge on any atom is 0.344 e. The summed E-state index contributed by atoms with van der Waals surface area (Å²) in [6.45, 7) is 3.63. The van der Waals surface area contributed by atoms with Crippen LogP contribution in [0.1, 0.15) is 43.5 Å². The van der Waals surface area contributed by atoms with Crippen molar-refractivity contribution in [3.63, 3.8) is 0 Å². The Bertz CT molecular complexity index is 649. The molecule has 0 spiro atoms. The number of nitrogens with zero attached hydrogens (tertiary/aromatic N) is 1. The van der Waals surface area contributed by atoms with Crippen LogP contribution < -0.4 is 15.4 Å². The number of urea groups is 1. The van der Waals surface area contributed by atoms with Gasteiger partial charge >= 0.3 is 12.0 Å². The highest BCUT2D eigenvalue weighted by molar-refractivity contribution is 5.96. The third kappa shape index (κ3) is 5.44. The Balaban J connectivity index is 1.76. The molecule has 1 fully saturated rings. The second-order valence-corrected chi connectivity index (χ2v) is 6.42. The average molecular weight is 349 g/mol. The number of esters is 1. The van der Waals surface area contributed by atoms with E-state index in [0.717, 1.165) is 25.5 Å². The number of pyridine rings is 1. The number of hydrogen-bond acceptors (Lipinski definition) is 5. The number of rotatable bonds is 4. The van der Waals surface area contributed by atoms with Gasteiger partial charge in [0.1, 0.15) is 5.56 Å². The Morgan fingerprint density at radius 3 is 2.80 bits per heavy atom. The third-order valence-corrected chi connectivity index (χ3v) is 4.62. The van der Waals surface area contributed by atoms with E-state index in [1.807, 2.05) is 0 Å². The van der Waals surface area contributed by atoms with Crippen LogP contribution >= 0.6 is 0 Å². The number of imide groups is 1. The molecule has 0 unspecified atom stereocenters. The molecule has 0 radical (unpaired) electrons. The summed E-state index contributed by atoms with van der Waals surface area (Å²) in [6.07, 6.45) is 5.32. The summed E-state index contributed by atoms with van der Waals surface area (Å²) in [4.78, 5) is 35.4. The Morgan fingerprint density at radius 2 is 2.08 bits per heavy atom. The van der Waals surface area contributed by atoms with Gasteiger partial charge in [0, 0.05) is 12.1 Å². The minimum Gasteiger partial charge on any atom is -0.619 e. The van der Waals surface area contributed by atoms with Crippen LogP contribution in [-0.2, 0) is 9.53 Å². The van der Waals surface area contributed by atoms with Gasteiger partial charge in [-0.15, -0.1) is 0 Å². The van der Waals surface area contributed by atoms with Crippen LogP contribution in [0.5, 0.6) is 0 Å². The highest BCUT2D eigenvalue weighted by Crippen LogP contribution is 2.29. The van der Waals surface area contributed by atoms with Gasteiger partial charge < -0.3 is 15.3 Å². The monoisotopic (exact) mass is 349 g/mol. The van der Waals surface area contributed by atoms with Crippen molar-refractivity contribution in [3.8, 4) is 0 Å². The highest BCUT2D eigenvalue weighted by atomic mass is 16.5. The fourth-order valence-corrected chi connectivity index (χ4v) is 2.94. The van der Waals surface area contributed by atoms with Crippen molar-refractivity contribution >= 4 is 17.9 Å². The summed E-state index contributed by atoms with van der Waals surface area (Å²) in [5, 5.41) is 16.0. The van der Waals surface area contributed by atoms with E-state index in [1.54, 1.807) is 0 Å². The first kappa shape index (κ1) is 18.7. The van der Waals surface area contributed by atoms with E-state index in [4.69, 9.17) is 4.74 Å². The fourth-order valence-electron chi connectivity index (χ4n) is 2.94. The van der Waals surface area contributed by atoms with Crippen LogP contribution in [0.3, 0.4) is 0 Å². The van der Waals surface area contributed by atoms with E-state index in [2.05, 4.69) is 24.5 Å². The minimum absolute atomic E-state index is 0.0240. The lowest BCUT2D eigenvalue weighted by atomic mass is 9.78. The molecule has 0 aliphatic heterocycles. The molecule has 0 aromatic carbocycles. The predicted octanol–water partition coefficient (Wildman–Crippen LogP) is 1.13. The number of ether oxygens (including phenoxy) is 1. The molecule has 1 aromatic heterocycles. The van der Waals surface area contributed by atoms with Crippen molar-refractivity contribution in [3.05, 3.63) is 35.3 Å². The van der Waals surface area contributed by atoms with E-state index in [9.17, 15) is 19.6 Å². The molecule has 25 heavy (non-hydrogen) atoms. The van der Waals surface area contributed by atoms with E-state index >= 15 is 0 Å². The minimum atomic E-state index is -0.810. The van der Waals surface area contributed by atoms with E-state index in [1.165, 1.54) is 18.3 Å². The summed E-state index contributed by atoms with van der Waals surface area (Å²) in [5.41, 5.74) is 0.0276. The predicted molar refractivity (Wildman–Crippen MR) is 88.3 cm³/mol. The van der Waals surface area contributed by atoms with Crippen LogP contribution in [0.2, 0.25) is 0 Å². The van der Waals surface area contributed by atoms with Gasteiger partial charge in [0.2, 0.25) is 0 Å². The largest absolute Gasteiger partial charge is 0.619 e. The van der Waals surface area contributed by atoms with Gasteiger partial charge in [-0.25, -0.2) is 9.59 Å². The molecular formula is C17H23N3O5. The maximum atomic E-state index is 11.9. The second kappa shape index (κ2) is 8.46. The van der Waals surface area contributed by atoms with E-state index in [-0.39, 0.29) is 11.6 Å². The second-order valence-electron chi connectivity index (χ2n) is 6.42. The lowest BCUT2D eigenvalue weighted by Gasteiger charge is -2.34. The Kier molecular flexibility index (Phi) is 6.32. The lowest BCUT2D eigenvalue weighted by molar-refractivity contribution is -0.605. The van der Waals surface area contributed by atoms with Crippen molar-refractivity contribution in [2.45, 2.75) is 39.2 Å². The van der Waals surface area contributed by atoms with Gasteiger partial charge in [-0.3, -0.25) is 10.1 Å². The first-order valence-corrected chi connectivity index (χ1v) is 8.33. The van der Waals surface area contributed by atoms with Crippen LogP contribution in [0.4, 0.5) is 4.79 Å². The molecule has 3 atom stereocenters. The van der Waals surface area contributed by atoms with Crippen LogP contribution in [-0.4, -0.2) is 30.6 Å². The SMILES string of the molecule is C[C@H]1[C@H](C)CCC[C@@H]1NC(=O)NC(=O)COC(=O)c1ccc[n+]([O-])c1. The summed E-state index contributed by atoms with van der Waals surface area (Å²) >= 11 is 0. The number of hydrogen-bond donors (Lipinski definition) is 2. The molecule has 3 amide bonds. The lowest BCUT2D eigenvalue weighted by Crippen LogP contribution is -2.49. The van der Waals surface area contributed by atoms with E-state index in [0.29, 0.717) is 16.6 Å². The van der Waals surface area contributed by atoms with Gasteiger partial charge in [-0.2, -0.15) is 4.73 Å². The van der Waals surface area contributed by atoms with Crippen molar-refractivity contribution in [1.29, 1.82) is 0 Å². The first-order chi connectivity index (χ1) is 11.9. The van der Waals surface area contributed by atoms with Crippen LogP contribution in [0.25, 0.3) is 0 Å². The Labute approximate surface area is 146 Å². The molecule has 8 heteroatoms.